The summed E-state index contributed by atoms with van der Waals surface area (Å²) in [6.45, 7) is 3.67. The number of hydrogen-bond acceptors (Lipinski definition) is 2. The Hall–Kier alpha value is -0.250. The van der Waals surface area contributed by atoms with Gasteiger partial charge in [-0.1, -0.05) is 18.2 Å². The van der Waals surface area contributed by atoms with Crippen molar-refractivity contribution in [3.8, 4) is 5.75 Å². The molecule has 0 aliphatic heterocycles. The van der Waals surface area contributed by atoms with Crippen LogP contribution >= 0.6 is 30.9 Å². The summed E-state index contributed by atoms with van der Waals surface area (Å²) in [4.78, 5) is 0. The molecule has 2 atom stereocenters. The van der Waals surface area contributed by atoms with Gasteiger partial charge < -0.3 is 4.52 Å². The first-order valence-corrected chi connectivity index (χ1v) is 8.70. The minimum absolute atomic E-state index is 0.147. The monoisotopic (exact) mass is 324 g/mol. The van der Waals surface area contributed by atoms with Crippen LogP contribution in [0.1, 0.15) is 13.8 Å². The quantitative estimate of drug-likeness (QED) is 0.566. The lowest BCUT2D eigenvalue weighted by molar-refractivity contribution is 0.437. The van der Waals surface area contributed by atoms with Crippen molar-refractivity contribution in [3.05, 3.63) is 30.3 Å². The standard InChI is InChI=1S/C12H19Cl2N2O2P/c1-10(8-13)15-19(17,16-11(2)9-14)18-12-6-4-3-5-7-12/h3-7,10-11H,8-9H2,1-2H3,(H2,15,16,17)/t10-,11-/m1/s1. The van der Waals surface area contributed by atoms with Crippen molar-refractivity contribution in [2.45, 2.75) is 25.9 Å². The van der Waals surface area contributed by atoms with E-state index in [2.05, 4.69) is 10.2 Å². The molecule has 0 heterocycles. The zero-order valence-electron chi connectivity index (χ0n) is 11.0. The fourth-order valence-electron chi connectivity index (χ4n) is 1.37. The third-order valence-corrected chi connectivity index (χ3v) is 5.18. The maximum absolute atomic E-state index is 12.8. The zero-order chi connectivity index (χ0) is 14.3. The summed E-state index contributed by atoms with van der Waals surface area (Å²) in [5.41, 5.74) is 0. The Morgan fingerprint density at radius 1 is 1.11 bits per heavy atom. The largest absolute Gasteiger partial charge is 0.422 e. The molecule has 1 aromatic rings. The van der Waals surface area contributed by atoms with Crippen LogP contribution in [0.2, 0.25) is 0 Å². The van der Waals surface area contributed by atoms with E-state index in [1.807, 2.05) is 32.0 Å². The van der Waals surface area contributed by atoms with E-state index in [0.29, 0.717) is 17.5 Å². The van der Waals surface area contributed by atoms with Gasteiger partial charge in [0.1, 0.15) is 5.75 Å². The predicted octanol–water partition coefficient (Wildman–Crippen LogP) is 3.61. The van der Waals surface area contributed by atoms with Crippen LogP contribution in [-0.4, -0.2) is 23.8 Å². The summed E-state index contributed by atoms with van der Waals surface area (Å²) < 4.78 is 18.3. The molecule has 0 saturated carbocycles. The van der Waals surface area contributed by atoms with Gasteiger partial charge in [0, 0.05) is 23.8 Å². The first-order valence-electron chi connectivity index (χ1n) is 6.01. The van der Waals surface area contributed by atoms with Crippen LogP contribution in [0.3, 0.4) is 0 Å². The molecule has 1 aromatic carbocycles. The second-order valence-corrected chi connectivity index (χ2v) is 6.74. The number of hydrogen-bond donors (Lipinski definition) is 2. The fourth-order valence-corrected chi connectivity index (χ4v) is 3.68. The highest BCUT2D eigenvalue weighted by Gasteiger charge is 2.28. The average molecular weight is 325 g/mol. The van der Waals surface area contributed by atoms with Gasteiger partial charge in [-0.2, -0.15) is 0 Å². The van der Waals surface area contributed by atoms with Crippen molar-refractivity contribution in [2.75, 3.05) is 11.8 Å². The highest BCUT2D eigenvalue weighted by atomic mass is 35.5. The minimum atomic E-state index is -3.26. The van der Waals surface area contributed by atoms with E-state index >= 15 is 0 Å². The van der Waals surface area contributed by atoms with E-state index in [1.54, 1.807) is 12.1 Å². The Bertz CT molecular complexity index is 403. The maximum Gasteiger partial charge on any atom is 0.391 e. The molecule has 7 heteroatoms. The van der Waals surface area contributed by atoms with E-state index < -0.39 is 7.67 Å². The molecule has 0 amide bonds. The van der Waals surface area contributed by atoms with Crippen molar-refractivity contribution in [1.29, 1.82) is 0 Å². The third kappa shape index (κ3) is 6.15. The lowest BCUT2D eigenvalue weighted by Crippen LogP contribution is -2.37. The predicted molar refractivity (Wildman–Crippen MR) is 81.3 cm³/mol. The van der Waals surface area contributed by atoms with E-state index in [1.165, 1.54) is 0 Å². The van der Waals surface area contributed by atoms with Gasteiger partial charge in [-0.25, -0.2) is 14.7 Å². The summed E-state index contributed by atoms with van der Waals surface area (Å²) in [5.74, 6) is 1.19. The molecule has 0 aliphatic carbocycles. The number of alkyl halides is 2. The summed E-state index contributed by atoms with van der Waals surface area (Å²) in [6, 6.07) is 8.68. The van der Waals surface area contributed by atoms with Gasteiger partial charge in [0.05, 0.1) is 0 Å². The van der Waals surface area contributed by atoms with Crippen LogP contribution < -0.4 is 14.7 Å². The van der Waals surface area contributed by atoms with E-state index in [-0.39, 0.29) is 12.1 Å². The van der Waals surface area contributed by atoms with E-state index in [0.717, 1.165) is 0 Å². The Labute approximate surface area is 124 Å². The van der Waals surface area contributed by atoms with Crippen molar-refractivity contribution in [3.63, 3.8) is 0 Å². The number of nitrogens with one attached hydrogen (secondary N) is 2. The maximum atomic E-state index is 12.8. The highest BCUT2D eigenvalue weighted by Crippen LogP contribution is 2.40. The summed E-state index contributed by atoms with van der Waals surface area (Å²) >= 11 is 11.5. The van der Waals surface area contributed by atoms with Crippen LogP contribution in [0, 0.1) is 0 Å². The van der Waals surface area contributed by atoms with Crippen molar-refractivity contribution < 1.29 is 9.09 Å². The molecular formula is C12H19Cl2N2O2P. The molecule has 2 N–H and O–H groups in total. The first-order chi connectivity index (χ1) is 8.99. The van der Waals surface area contributed by atoms with Gasteiger partial charge in [-0.3, -0.25) is 0 Å². The van der Waals surface area contributed by atoms with Gasteiger partial charge in [0.25, 0.3) is 0 Å². The molecule has 19 heavy (non-hydrogen) atoms. The van der Waals surface area contributed by atoms with Gasteiger partial charge >= 0.3 is 7.67 Å². The summed E-state index contributed by atoms with van der Waals surface area (Å²) in [5, 5.41) is 5.78. The van der Waals surface area contributed by atoms with Crippen LogP contribution in [0.25, 0.3) is 0 Å². The molecule has 0 fully saturated rings. The molecule has 108 valence electrons. The van der Waals surface area contributed by atoms with Crippen molar-refractivity contribution in [1.82, 2.24) is 10.2 Å². The molecule has 0 spiro atoms. The molecule has 0 radical (unpaired) electrons. The van der Waals surface area contributed by atoms with Crippen molar-refractivity contribution >= 4 is 30.9 Å². The number of rotatable bonds is 8. The number of benzene rings is 1. The second kappa shape index (κ2) is 8.13. The summed E-state index contributed by atoms with van der Waals surface area (Å²) in [7, 11) is -3.26. The number of para-hydroxylation sites is 1. The second-order valence-electron chi connectivity index (χ2n) is 4.32. The van der Waals surface area contributed by atoms with Crippen molar-refractivity contribution in [2.24, 2.45) is 0 Å². The van der Waals surface area contributed by atoms with Gasteiger partial charge in [0.2, 0.25) is 0 Å². The normalized spacial score (nSPS) is 14.9. The Kier molecular flexibility index (Phi) is 7.19. The van der Waals surface area contributed by atoms with Crippen LogP contribution in [0.4, 0.5) is 0 Å². The SMILES string of the molecule is C[C@H](CCl)NP(=O)(N[C@H](C)CCl)Oc1ccccc1. The molecule has 0 saturated heterocycles. The molecule has 4 nitrogen and oxygen atoms in total. The molecule has 0 aliphatic rings. The minimum Gasteiger partial charge on any atom is -0.422 e. The Morgan fingerprint density at radius 2 is 1.58 bits per heavy atom. The number of halogens is 2. The smallest absolute Gasteiger partial charge is 0.391 e. The van der Waals surface area contributed by atoms with Crippen LogP contribution in [0.15, 0.2) is 30.3 Å². The lowest BCUT2D eigenvalue weighted by Gasteiger charge is -2.26. The van der Waals surface area contributed by atoms with Crippen LogP contribution in [0.5, 0.6) is 5.75 Å². The van der Waals surface area contributed by atoms with E-state index in [9.17, 15) is 4.57 Å². The third-order valence-electron chi connectivity index (χ3n) is 2.22. The topological polar surface area (TPSA) is 50.4 Å². The average Bonchev–Trinajstić information content (AvgIpc) is 2.39. The molecule has 0 bridgehead atoms. The van der Waals surface area contributed by atoms with E-state index in [4.69, 9.17) is 27.7 Å². The first kappa shape index (κ1) is 16.8. The molecule has 0 aromatic heterocycles. The summed E-state index contributed by atoms with van der Waals surface area (Å²) in [6.07, 6.45) is 0. The fraction of sp³-hybridized carbons (Fsp3) is 0.500. The molecule has 0 unspecified atom stereocenters. The van der Waals surface area contributed by atoms with Crippen LogP contribution in [-0.2, 0) is 4.57 Å². The Balaban J connectivity index is 2.82. The molecule has 1 rings (SSSR count). The highest BCUT2D eigenvalue weighted by molar-refractivity contribution is 7.55. The molecular weight excluding hydrogens is 306 g/mol. The zero-order valence-corrected chi connectivity index (χ0v) is 13.4. The van der Waals surface area contributed by atoms with Gasteiger partial charge in [-0.15, -0.1) is 23.2 Å². The van der Waals surface area contributed by atoms with Gasteiger partial charge in [-0.05, 0) is 26.0 Å². The Morgan fingerprint density at radius 3 is 2.00 bits per heavy atom. The van der Waals surface area contributed by atoms with Gasteiger partial charge in [0.15, 0.2) is 0 Å². The lowest BCUT2D eigenvalue weighted by atomic mass is 10.3.